The number of halogens is 1. The van der Waals surface area contributed by atoms with E-state index in [9.17, 15) is 13.8 Å². The van der Waals surface area contributed by atoms with Gasteiger partial charge in [-0.1, -0.05) is 44.5 Å². The standard InChI is InChI=1S/C21H26ClN5O3S/c1-4-9-31(23,30)21-25-19(24-17(28)10-13(2)3)16-11-18(29)27(20(16)26-21)12-14-5-7-15(22)8-6-14/h5-8,13,23H,4,9-12H2,1-3H3,(H,24,25,26,28). The lowest BCUT2D eigenvalue weighted by atomic mass is 10.1. The fraction of sp³-hybridized carbons (Fsp3) is 0.429. The number of hydrogen-bond donors (Lipinski definition) is 2. The molecule has 0 saturated heterocycles. The number of anilines is 2. The fourth-order valence-electron chi connectivity index (χ4n) is 3.32. The summed E-state index contributed by atoms with van der Waals surface area (Å²) in [5.74, 6) is 0.226. The molecule has 8 nitrogen and oxygen atoms in total. The summed E-state index contributed by atoms with van der Waals surface area (Å²) in [4.78, 5) is 35.3. The third-order valence-corrected chi connectivity index (χ3v) is 6.75. The van der Waals surface area contributed by atoms with Crippen molar-refractivity contribution in [3.05, 3.63) is 40.4 Å². The summed E-state index contributed by atoms with van der Waals surface area (Å²) >= 11 is 5.95. The smallest absolute Gasteiger partial charge is 0.233 e. The summed E-state index contributed by atoms with van der Waals surface area (Å²) in [6, 6.07) is 7.09. The number of nitrogens with one attached hydrogen (secondary N) is 2. The highest BCUT2D eigenvalue weighted by molar-refractivity contribution is 7.92. The maximum Gasteiger partial charge on any atom is 0.233 e. The Balaban J connectivity index is 2.05. The lowest BCUT2D eigenvalue weighted by molar-refractivity contribution is -0.118. The van der Waals surface area contributed by atoms with Crippen LogP contribution in [0.15, 0.2) is 29.4 Å². The number of carbonyl (C=O) groups excluding carboxylic acids is 2. The Bertz CT molecular complexity index is 1100. The second-order valence-electron chi connectivity index (χ2n) is 7.97. The van der Waals surface area contributed by atoms with E-state index >= 15 is 0 Å². The second kappa shape index (κ2) is 9.32. The van der Waals surface area contributed by atoms with E-state index in [0.29, 0.717) is 22.8 Å². The van der Waals surface area contributed by atoms with Crippen LogP contribution in [0.5, 0.6) is 0 Å². The van der Waals surface area contributed by atoms with Crippen LogP contribution < -0.4 is 10.2 Å². The SMILES string of the molecule is CCCS(=N)(=O)c1nc(NC(=O)CC(C)C)c2c(n1)N(Cc1ccc(Cl)cc1)C(=O)C2. The summed E-state index contributed by atoms with van der Waals surface area (Å²) in [5.41, 5.74) is 1.32. The molecular weight excluding hydrogens is 438 g/mol. The van der Waals surface area contributed by atoms with E-state index in [0.717, 1.165) is 5.56 Å². The number of aromatic nitrogens is 2. The molecule has 2 aromatic rings. The van der Waals surface area contributed by atoms with Crippen molar-refractivity contribution in [2.45, 2.75) is 51.7 Å². The second-order valence-corrected chi connectivity index (χ2v) is 10.5. The molecule has 10 heteroatoms. The molecule has 2 amide bonds. The van der Waals surface area contributed by atoms with Gasteiger partial charge in [0, 0.05) is 22.8 Å². The van der Waals surface area contributed by atoms with Crippen LogP contribution in [-0.4, -0.2) is 31.7 Å². The molecule has 31 heavy (non-hydrogen) atoms. The number of amides is 2. The molecule has 1 aliphatic heterocycles. The van der Waals surface area contributed by atoms with Crippen LogP contribution in [0, 0.1) is 10.7 Å². The Labute approximate surface area is 187 Å². The number of rotatable bonds is 8. The average molecular weight is 464 g/mol. The van der Waals surface area contributed by atoms with Gasteiger partial charge in [-0.3, -0.25) is 14.5 Å². The van der Waals surface area contributed by atoms with Crippen LogP contribution in [0.1, 0.15) is 44.7 Å². The van der Waals surface area contributed by atoms with Crippen LogP contribution >= 0.6 is 11.6 Å². The van der Waals surface area contributed by atoms with Crippen molar-refractivity contribution >= 4 is 44.8 Å². The molecule has 1 atom stereocenters. The highest BCUT2D eigenvalue weighted by Gasteiger charge is 2.34. The largest absolute Gasteiger partial charge is 0.310 e. The van der Waals surface area contributed by atoms with Gasteiger partial charge in [-0.15, -0.1) is 0 Å². The molecule has 2 N–H and O–H groups in total. The van der Waals surface area contributed by atoms with Crippen molar-refractivity contribution in [3.63, 3.8) is 0 Å². The van der Waals surface area contributed by atoms with Crippen LogP contribution in [0.2, 0.25) is 5.02 Å². The molecular formula is C21H26ClN5O3S. The molecule has 1 aromatic heterocycles. The number of benzene rings is 1. The molecule has 166 valence electrons. The first-order valence-corrected chi connectivity index (χ1v) is 12.2. The molecule has 0 saturated carbocycles. The molecule has 3 rings (SSSR count). The van der Waals surface area contributed by atoms with E-state index < -0.39 is 9.73 Å². The minimum atomic E-state index is -3.26. The van der Waals surface area contributed by atoms with Gasteiger partial charge in [0.15, 0.2) is 0 Å². The normalized spacial score (nSPS) is 15.1. The number of carbonyl (C=O) groups is 2. The molecule has 1 unspecified atom stereocenters. The van der Waals surface area contributed by atoms with Crippen molar-refractivity contribution in [3.8, 4) is 0 Å². The Hall–Kier alpha value is -2.52. The van der Waals surface area contributed by atoms with Gasteiger partial charge in [-0.25, -0.2) is 19.0 Å². The number of fused-ring (bicyclic) bond motifs is 1. The number of nitrogens with zero attached hydrogens (tertiary/aromatic N) is 3. The van der Waals surface area contributed by atoms with Crippen LogP contribution in [-0.2, 0) is 32.3 Å². The summed E-state index contributed by atoms with van der Waals surface area (Å²) < 4.78 is 21.2. The summed E-state index contributed by atoms with van der Waals surface area (Å²) in [5, 5.41) is 3.17. The quantitative estimate of drug-likeness (QED) is 0.573. The molecule has 1 aliphatic rings. The van der Waals surface area contributed by atoms with Crippen molar-refractivity contribution in [1.82, 2.24) is 9.97 Å². The first-order chi connectivity index (χ1) is 14.6. The Kier molecular flexibility index (Phi) is 6.96. The minimum absolute atomic E-state index is 0.0213. The lowest BCUT2D eigenvalue weighted by Gasteiger charge is -2.18. The summed E-state index contributed by atoms with van der Waals surface area (Å²) in [6.45, 7) is 5.91. The van der Waals surface area contributed by atoms with E-state index in [1.807, 2.05) is 32.9 Å². The third-order valence-electron chi connectivity index (χ3n) is 4.74. The predicted molar refractivity (Wildman–Crippen MR) is 121 cm³/mol. The van der Waals surface area contributed by atoms with Gasteiger partial charge < -0.3 is 5.32 Å². The topological polar surface area (TPSA) is 116 Å². The predicted octanol–water partition coefficient (Wildman–Crippen LogP) is 4.02. The van der Waals surface area contributed by atoms with Gasteiger partial charge in [-0.05, 0) is 30.0 Å². The van der Waals surface area contributed by atoms with Crippen molar-refractivity contribution in [2.24, 2.45) is 5.92 Å². The van der Waals surface area contributed by atoms with Crippen LogP contribution in [0.3, 0.4) is 0 Å². The molecule has 0 spiro atoms. The maximum atomic E-state index is 12.9. The zero-order valence-corrected chi connectivity index (χ0v) is 19.3. The van der Waals surface area contributed by atoms with Gasteiger partial charge in [0.25, 0.3) is 0 Å². The molecule has 0 bridgehead atoms. The van der Waals surface area contributed by atoms with Crippen LogP contribution in [0.4, 0.5) is 11.6 Å². The first kappa shape index (κ1) is 23.1. The zero-order chi connectivity index (χ0) is 22.8. The lowest BCUT2D eigenvalue weighted by Crippen LogP contribution is -2.27. The van der Waals surface area contributed by atoms with E-state index in [2.05, 4.69) is 15.3 Å². The minimum Gasteiger partial charge on any atom is -0.310 e. The van der Waals surface area contributed by atoms with Gasteiger partial charge >= 0.3 is 0 Å². The van der Waals surface area contributed by atoms with Crippen LogP contribution in [0.25, 0.3) is 0 Å². The molecule has 0 aliphatic carbocycles. The molecule has 0 fully saturated rings. The number of hydrogen-bond acceptors (Lipinski definition) is 6. The van der Waals surface area contributed by atoms with E-state index in [1.165, 1.54) is 4.90 Å². The monoisotopic (exact) mass is 463 g/mol. The van der Waals surface area contributed by atoms with Crippen molar-refractivity contribution < 1.29 is 13.8 Å². The summed E-state index contributed by atoms with van der Waals surface area (Å²) in [7, 11) is -3.26. The van der Waals surface area contributed by atoms with E-state index in [4.69, 9.17) is 16.4 Å². The van der Waals surface area contributed by atoms with Gasteiger partial charge in [0.2, 0.25) is 17.0 Å². The molecule has 0 radical (unpaired) electrons. The van der Waals surface area contributed by atoms with Gasteiger partial charge in [0.05, 0.1) is 13.0 Å². The third kappa shape index (κ3) is 5.40. The summed E-state index contributed by atoms with van der Waals surface area (Å²) in [6.07, 6.45) is 0.820. The Morgan fingerprint density at radius 2 is 1.97 bits per heavy atom. The molecule has 2 heterocycles. The first-order valence-electron chi connectivity index (χ1n) is 10.1. The van der Waals surface area contributed by atoms with Crippen molar-refractivity contribution in [2.75, 3.05) is 16.0 Å². The Morgan fingerprint density at radius 1 is 1.29 bits per heavy atom. The highest BCUT2D eigenvalue weighted by Crippen LogP contribution is 2.34. The Morgan fingerprint density at radius 3 is 2.58 bits per heavy atom. The van der Waals surface area contributed by atoms with Gasteiger partial charge in [-0.2, -0.15) is 0 Å². The fourth-order valence-corrected chi connectivity index (χ4v) is 4.68. The van der Waals surface area contributed by atoms with Gasteiger partial charge in [0.1, 0.15) is 21.4 Å². The van der Waals surface area contributed by atoms with E-state index in [1.54, 1.807) is 12.1 Å². The average Bonchev–Trinajstić information content (AvgIpc) is 2.99. The maximum absolute atomic E-state index is 12.9. The van der Waals surface area contributed by atoms with E-state index in [-0.39, 0.29) is 53.8 Å². The highest BCUT2D eigenvalue weighted by atomic mass is 35.5. The van der Waals surface area contributed by atoms with Crippen molar-refractivity contribution in [1.29, 1.82) is 4.78 Å². The zero-order valence-electron chi connectivity index (χ0n) is 17.8. The molecule has 1 aromatic carbocycles.